The maximum absolute atomic E-state index is 12.6. The Balaban J connectivity index is 1.61. The molecule has 0 saturated heterocycles. The first kappa shape index (κ1) is 19.6. The molecular weight excluding hydrogens is 342 g/mol. The van der Waals surface area contributed by atoms with E-state index < -0.39 is 0 Å². The normalized spacial score (nSPS) is 16.2. The number of aromatic nitrogens is 4. The van der Waals surface area contributed by atoms with Gasteiger partial charge in [-0.25, -0.2) is 0 Å². The van der Waals surface area contributed by atoms with Gasteiger partial charge in [0.15, 0.2) is 5.82 Å². The lowest BCUT2D eigenvalue weighted by Crippen LogP contribution is -2.28. The molecule has 1 atom stereocenters. The first-order valence-corrected chi connectivity index (χ1v) is 10.0. The molecule has 27 heavy (non-hydrogen) atoms. The largest absolute Gasteiger partial charge is 0.344 e. The van der Waals surface area contributed by atoms with Gasteiger partial charge >= 0.3 is 0 Å². The fourth-order valence-corrected chi connectivity index (χ4v) is 3.80. The van der Waals surface area contributed by atoms with E-state index in [4.69, 9.17) is 4.52 Å². The molecule has 1 aliphatic carbocycles. The van der Waals surface area contributed by atoms with E-state index in [1.165, 1.54) is 12.8 Å². The average molecular weight is 374 g/mol. The lowest BCUT2D eigenvalue weighted by Gasteiger charge is -2.11. The highest BCUT2D eigenvalue weighted by atomic mass is 16.5. The van der Waals surface area contributed by atoms with E-state index in [-0.39, 0.29) is 11.9 Å². The lowest BCUT2D eigenvalue weighted by atomic mass is 10.1. The summed E-state index contributed by atoms with van der Waals surface area (Å²) in [5.74, 6) is 2.12. The number of hydrogen-bond acceptors (Lipinski definition) is 5. The Labute approximate surface area is 160 Å². The van der Waals surface area contributed by atoms with E-state index in [1.807, 2.05) is 25.5 Å². The van der Waals surface area contributed by atoms with Crippen LogP contribution in [-0.2, 0) is 17.8 Å². The molecule has 0 bridgehead atoms. The zero-order valence-electron chi connectivity index (χ0n) is 17.1. The highest BCUT2D eigenvalue weighted by molar-refractivity contribution is 5.79. The third-order valence-electron chi connectivity index (χ3n) is 5.33. The van der Waals surface area contributed by atoms with Crippen molar-refractivity contribution in [3.8, 4) is 0 Å². The smallest absolute Gasteiger partial charge is 0.248 e. The number of carbonyl (C=O) groups excluding carboxylic acids is 1. The summed E-state index contributed by atoms with van der Waals surface area (Å²) in [6, 6.07) is -0.300. The minimum Gasteiger partial charge on any atom is -0.344 e. The molecule has 1 fully saturated rings. The zero-order chi connectivity index (χ0) is 19.6. The van der Waals surface area contributed by atoms with Gasteiger partial charge in [-0.3, -0.25) is 9.48 Å². The molecule has 1 amide bonds. The summed E-state index contributed by atoms with van der Waals surface area (Å²) in [4.78, 5) is 17.1. The van der Waals surface area contributed by atoms with Gasteiger partial charge in [0, 0.05) is 23.7 Å². The maximum atomic E-state index is 12.6. The molecule has 0 aliphatic heterocycles. The van der Waals surface area contributed by atoms with Crippen LogP contribution in [-0.4, -0.2) is 25.8 Å². The van der Waals surface area contributed by atoms with Crippen LogP contribution in [0.3, 0.4) is 0 Å². The van der Waals surface area contributed by atoms with Crippen LogP contribution in [0.15, 0.2) is 4.52 Å². The highest BCUT2D eigenvalue weighted by Crippen LogP contribution is 2.32. The minimum atomic E-state index is -0.300. The fourth-order valence-electron chi connectivity index (χ4n) is 3.80. The molecule has 3 rings (SSSR count). The number of amides is 1. The van der Waals surface area contributed by atoms with Gasteiger partial charge in [-0.15, -0.1) is 0 Å². The van der Waals surface area contributed by atoms with E-state index in [2.05, 4.69) is 34.4 Å². The Morgan fingerprint density at radius 3 is 2.63 bits per heavy atom. The summed E-state index contributed by atoms with van der Waals surface area (Å²) in [5, 5.41) is 11.7. The fraction of sp³-hybridized carbons (Fsp3) is 0.700. The number of rotatable bonds is 7. The second-order valence-electron chi connectivity index (χ2n) is 8.16. The molecule has 148 valence electrons. The average Bonchev–Trinajstić information content (AvgIpc) is 3.32. The van der Waals surface area contributed by atoms with Crippen LogP contribution in [0.4, 0.5) is 0 Å². The Morgan fingerprint density at radius 2 is 1.96 bits per heavy atom. The summed E-state index contributed by atoms with van der Waals surface area (Å²) in [5.41, 5.74) is 2.97. The molecule has 2 aromatic rings. The third kappa shape index (κ3) is 4.57. The Morgan fingerprint density at radius 1 is 1.26 bits per heavy atom. The summed E-state index contributed by atoms with van der Waals surface area (Å²) >= 11 is 0. The van der Waals surface area contributed by atoms with Gasteiger partial charge in [-0.05, 0) is 39.5 Å². The summed E-state index contributed by atoms with van der Waals surface area (Å²) in [7, 11) is 0. The van der Waals surface area contributed by atoms with Gasteiger partial charge in [0.2, 0.25) is 11.8 Å². The Hall–Kier alpha value is -2.18. The first-order valence-electron chi connectivity index (χ1n) is 10.0. The van der Waals surface area contributed by atoms with Crippen molar-refractivity contribution in [3.05, 3.63) is 28.7 Å². The van der Waals surface area contributed by atoms with Crippen LogP contribution in [0.1, 0.15) is 87.1 Å². The van der Waals surface area contributed by atoms with Crippen molar-refractivity contribution in [2.75, 3.05) is 0 Å². The molecule has 7 heteroatoms. The van der Waals surface area contributed by atoms with Crippen LogP contribution in [0, 0.1) is 19.8 Å². The summed E-state index contributed by atoms with van der Waals surface area (Å²) < 4.78 is 7.39. The Bertz CT molecular complexity index is 786. The number of aryl methyl sites for hydroxylation is 1. The van der Waals surface area contributed by atoms with E-state index >= 15 is 0 Å². The van der Waals surface area contributed by atoms with Gasteiger partial charge in [0.1, 0.15) is 6.04 Å². The quantitative estimate of drug-likeness (QED) is 0.801. The predicted octanol–water partition coefficient (Wildman–Crippen LogP) is 3.62. The van der Waals surface area contributed by atoms with Crippen LogP contribution in [0.25, 0.3) is 0 Å². The molecule has 2 heterocycles. The van der Waals surface area contributed by atoms with Crippen LogP contribution >= 0.6 is 0 Å². The van der Waals surface area contributed by atoms with Crippen molar-refractivity contribution < 1.29 is 9.32 Å². The number of carbonyl (C=O) groups is 1. The zero-order valence-corrected chi connectivity index (χ0v) is 17.1. The molecule has 0 unspecified atom stereocenters. The second kappa shape index (κ2) is 8.23. The van der Waals surface area contributed by atoms with Gasteiger partial charge in [0.25, 0.3) is 0 Å². The summed E-state index contributed by atoms with van der Waals surface area (Å²) in [6.07, 6.45) is 5.01. The monoisotopic (exact) mass is 373 g/mol. The first-order chi connectivity index (χ1) is 12.8. The highest BCUT2D eigenvalue weighted by Gasteiger charge is 2.25. The molecular formula is C20H31N5O2. The molecule has 7 nitrogen and oxygen atoms in total. The van der Waals surface area contributed by atoms with Gasteiger partial charge in [0.05, 0.1) is 12.1 Å². The molecule has 1 saturated carbocycles. The van der Waals surface area contributed by atoms with Crippen LogP contribution in [0.2, 0.25) is 0 Å². The number of hydrogen-bond donors (Lipinski definition) is 1. The third-order valence-corrected chi connectivity index (χ3v) is 5.33. The van der Waals surface area contributed by atoms with Crippen molar-refractivity contribution in [1.29, 1.82) is 0 Å². The van der Waals surface area contributed by atoms with Crippen molar-refractivity contribution >= 4 is 5.91 Å². The molecule has 1 N–H and O–H groups in total. The number of nitrogens with one attached hydrogen (secondary N) is 1. The van der Waals surface area contributed by atoms with Crippen LogP contribution < -0.4 is 5.32 Å². The van der Waals surface area contributed by atoms with Gasteiger partial charge in [-0.2, -0.15) is 10.1 Å². The molecule has 0 spiro atoms. The lowest BCUT2D eigenvalue weighted by molar-refractivity contribution is -0.121. The van der Waals surface area contributed by atoms with Crippen LogP contribution in [0.5, 0.6) is 0 Å². The minimum absolute atomic E-state index is 0.0570. The molecule has 1 aliphatic rings. The van der Waals surface area contributed by atoms with Gasteiger partial charge < -0.3 is 9.84 Å². The van der Waals surface area contributed by atoms with Gasteiger partial charge in [-0.1, -0.05) is 31.8 Å². The molecule has 2 aromatic heterocycles. The van der Waals surface area contributed by atoms with E-state index in [9.17, 15) is 4.79 Å². The van der Waals surface area contributed by atoms with Crippen molar-refractivity contribution in [2.45, 2.75) is 85.2 Å². The van der Waals surface area contributed by atoms with E-state index in [0.717, 1.165) is 42.2 Å². The van der Waals surface area contributed by atoms with Crippen molar-refractivity contribution in [1.82, 2.24) is 25.2 Å². The maximum Gasteiger partial charge on any atom is 0.248 e. The Kier molecular flexibility index (Phi) is 5.97. The van der Waals surface area contributed by atoms with Crippen molar-refractivity contribution in [3.63, 3.8) is 0 Å². The number of nitrogens with zero attached hydrogens (tertiary/aromatic N) is 4. The van der Waals surface area contributed by atoms with E-state index in [0.29, 0.717) is 24.1 Å². The topological polar surface area (TPSA) is 85.8 Å². The summed E-state index contributed by atoms with van der Waals surface area (Å²) in [6.45, 7) is 11.0. The second-order valence-corrected chi connectivity index (χ2v) is 8.16. The van der Waals surface area contributed by atoms with E-state index in [1.54, 1.807) is 0 Å². The predicted molar refractivity (Wildman–Crippen MR) is 102 cm³/mol. The molecule has 0 radical (unpaired) electrons. The van der Waals surface area contributed by atoms with Crippen molar-refractivity contribution in [2.24, 2.45) is 5.92 Å². The molecule has 0 aromatic carbocycles. The SMILES string of the molecule is Cc1nn(CC(C)C)c(C)c1CC(=O)N[C@H](C)c1nc(C2CCCC2)no1. The standard InChI is InChI=1S/C20H31N5O2/c1-12(2)11-25-15(5)17(13(3)23-25)10-18(26)21-14(4)20-22-19(24-27-20)16-8-6-7-9-16/h12,14,16H,6-11H2,1-5H3,(H,21,26)/t14-/m1/s1.